The van der Waals surface area contributed by atoms with Gasteiger partial charge in [-0.2, -0.15) is 0 Å². The predicted octanol–water partition coefficient (Wildman–Crippen LogP) is 2.88. The van der Waals surface area contributed by atoms with Crippen LogP contribution in [0.25, 0.3) is 0 Å². The number of hydrogen-bond acceptors (Lipinski definition) is 3. The van der Waals surface area contributed by atoms with Crippen LogP contribution in [-0.2, 0) is 16.6 Å². The molecule has 0 spiro atoms. The van der Waals surface area contributed by atoms with Crippen molar-refractivity contribution in [2.45, 2.75) is 11.5 Å². The van der Waals surface area contributed by atoms with Crippen LogP contribution in [-0.4, -0.2) is 13.5 Å². The van der Waals surface area contributed by atoms with Gasteiger partial charge in [0.05, 0.1) is 17.2 Å². The molecule has 106 valence electrons. The van der Waals surface area contributed by atoms with Crippen molar-refractivity contribution in [3.05, 3.63) is 58.3 Å². The average molecular weight is 360 g/mol. The fraction of sp³-hybridized carbons (Fsp3) is 0.0769. The Morgan fingerprint density at radius 3 is 2.35 bits per heavy atom. The fourth-order valence-corrected chi connectivity index (χ4v) is 3.21. The van der Waals surface area contributed by atoms with Crippen LogP contribution >= 0.6 is 15.9 Å². The minimum Gasteiger partial charge on any atom is -0.392 e. The van der Waals surface area contributed by atoms with Gasteiger partial charge in [-0.15, -0.1) is 0 Å². The Hall–Kier alpha value is -1.44. The van der Waals surface area contributed by atoms with Gasteiger partial charge in [-0.05, 0) is 51.8 Å². The molecule has 0 aliphatic rings. The minimum atomic E-state index is -3.76. The lowest BCUT2D eigenvalue weighted by molar-refractivity contribution is 0.282. The fourth-order valence-electron chi connectivity index (χ4n) is 1.55. The van der Waals surface area contributed by atoms with Crippen molar-refractivity contribution in [2.24, 2.45) is 0 Å². The zero-order valence-corrected chi connectivity index (χ0v) is 12.6. The van der Waals surface area contributed by atoms with Gasteiger partial charge in [0, 0.05) is 4.47 Å². The van der Waals surface area contributed by atoms with Crippen molar-refractivity contribution >= 4 is 31.6 Å². The summed E-state index contributed by atoms with van der Waals surface area (Å²) in [6.07, 6.45) is 0. The summed E-state index contributed by atoms with van der Waals surface area (Å²) in [6, 6.07) is 9.50. The maximum Gasteiger partial charge on any atom is 0.261 e. The Bertz CT molecular complexity index is 717. The highest BCUT2D eigenvalue weighted by Gasteiger charge is 2.15. The molecule has 2 aromatic carbocycles. The summed E-state index contributed by atoms with van der Waals surface area (Å²) in [4.78, 5) is 0.0610. The van der Waals surface area contributed by atoms with Gasteiger partial charge in [0.2, 0.25) is 0 Å². The Labute approximate surface area is 124 Å². The first kappa shape index (κ1) is 15.0. The molecular formula is C13H11BrFNO3S. The molecule has 0 amide bonds. The third-order valence-corrected chi connectivity index (χ3v) is 4.63. The molecule has 7 heteroatoms. The van der Waals surface area contributed by atoms with Crippen molar-refractivity contribution in [3.8, 4) is 0 Å². The van der Waals surface area contributed by atoms with E-state index in [4.69, 9.17) is 5.11 Å². The summed E-state index contributed by atoms with van der Waals surface area (Å²) in [7, 11) is -3.76. The van der Waals surface area contributed by atoms with Gasteiger partial charge in [-0.25, -0.2) is 12.8 Å². The summed E-state index contributed by atoms with van der Waals surface area (Å²) in [5, 5.41) is 8.92. The number of aliphatic hydroxyl groups is 1. The largest absolute Gasteiger partial charge is 0.392 e. The highest BCUT2D eigenvalue weighted by Crippen LogP contribution is 2.25. The van der Waals surface area contributed by atoms with E-state index in [2.05, 4.69) is 20.7 Å². The topological polar surface area (TPSA) is 66.4 Å². The number of nitrogens with one attached hydrogen (secondary N) is 1. The van der Waals surface area contributed by atoms with Gasteiger partial charge in [0.25, 0.3) is 10.0 Å². The third-order valence-electron chi connectivity index (χ3n) is 2.59. The van der Waals surface area contributed by atoms with Crippen LogP contribution in [0.4, 0.5) is 10.1 Å². The number of halogens is 2. The SMILES string of the molecule is O=S(=O)(Nc1ccc(F)cc1Br)c1ccc(CO)cc1. The molecule has 2 rings (SSSR count). The Morgan fingerprint density at radius 1 is 1.15 bits per heavy atom. The van der Waals surface area contributed by atoms with E-state index in [1.165, 1.54) is 36.4 Å². The molecule has 2 N–H and O–H groups in total. The lowest BCUT2D eigenvalue weighted by Gasteiger charge is -2.10. The normalized spacial score (nSPS) is 11.3. The molecule has 0 bridgehead atoms. The van der Waals surface area contributed by atoms with Gasteiger partial charge in [-0.3, -0.25) is 4.72 Å². The van der Waals surface area contributed by atoms with Crippen LogP contribution in [0.15, 0.2) is 51.8 Å². The minimum absolute atomic E-state index is 0.0610. The van der Waals surface area contributed by atoms with Crippen LogP contribution in [0.2, 0.25) is 0 Å². The number of benzene rings is 2. The molecule has 0 saturated heterocycles. The molecule has 0 aromatic heterocycles. The molecular weight excluding hydrogens is 349 g/mol. The lowest BCUT2D eigenvalue weighted by atomic mass is 10.2. The summed E-state index contributed by atoms with van der Waals surface area (Å²) in [6.45, 7) is -0.155. The van der Waals surface area contributed by atoms with E-state index in [9.17, 15) is 12.8 Å². The second-order valence-corrected chi connectivity index (χ2v) is 6.57. The first-order valence-corrected chi connectivity index (χ1v) is 7.87. The zero-order chi connectivity index (χ0) is 14.8. The van der Waals surface area contributed by atoms with E-state index >= 15 is 0 Å². The molecule has 0 heterocycles. The highest BCUT2D eigenvalue weighted by atomic mass is 79.9. The smallest absolute Gasteiger partial charge is 0.261 e. The predicted molar refractivity (Wildman–Crippen MR) is 77.3 cm³/mol. The van der Waals surface area contributed by atoms with Crippen LogP contribution in [0.3, 0.4) is 0 Å². The van der Waals surface area contributed by atoms with Gasteiger partial charge in [-0.1, -0.05) is 12.1 Å². The number of rotatable bonds is 4. The molecule has 20 heavy (non-hydrogen) atoms. The van der Waals surface area contributed by atoms with E-state index < -0.39 is 15.8 Å². The van der Waals surface area contributed by atoms with Gasteiger partial charge in [0.15, 0.2) is 0 Å². The van der Waals surface area contributed by atoms with Gasteiger partial charge in [0.1, 0.15) is 5.82 Å². The second kappa shape index (κ2) is 5.90. The van der Waals surface area contributed by atoms with Crippen molar-refractivity contribution in [2.75, 3.05) is 4.72 Å². The molecule has 0 unspecified atom stereocenters. The highest BCUT2D eigenvalue weighted by molar-refractivity contribution is 9.10. The van der Waals surface area contributed by atoms with Crippen LogP contribution < -0.4 is 4.72 Å². The quantitative estimate of drug-likeness (QED) is 0.881. The lowest BCUT2D eigenvalue weighted by Crippen LogP contribution is -2.13. The molecule has 0 aliphatic carbocycles. The first-order chi connectivity index (χ1) is 9.42. The molecule has 0 fully saturated rings. The van der Waals surface area contributed by atoms with Crippen LogP contribution in [0, 0.1) is 5.82 Å². The third kappa shape index (κ3) is 3.36. The Balaban J connectivity index is 2.30. The average Bonchev–Trinajstić information content (AvgIpc) is 2.42. The van der Waals surface area contributed by atoms with E-state index in [1.54, 1.807) is 0 Å². The summed E-state index contributed by atoms with van der Waals surface area (Å²) >= 11 is 3.10. The monoisotopic (exact) mass is 359 g/mol. The number of sulfonamides is 1. The van der Waals surface area contributed by atoms with Crippen molar-refractivity contribution in [1.29, 1.82) is 0 Å². The molecule has 0 saturated carbocycles. The summed E-state index contributed by atoms with van der Waals surface area (Å²) in [5.41, 5.74) is 0.865. The van der Waals surface area contributed by atoms with E-state index in [0.29, 0.717) is 10.0 Å². The van der Waals surface area contributed by atoms with Crippen LogP contribution in [0.1, 0.15) is 5.56 Å². The van der Waals surface area contributed by atoms with E-state index in [-0.39, 0.29) is 17.2 Å². The molecule has 0 atom stereocenters. The Morgan fingerprint density at radius 2 is 1.80 bits per heavy atom. The van der Waals surface area contributed by atoms with E-state index in [1.807, 2.05) is 0 Å². The summed E-state index contributed by atoms with van der Waals surface area (Å²) < 4.78 is 39.9. The number of aliphatic hydroxyl groups excluding tert-OH is 1. The van der Waals surface area contributed by atoms with Crippen molar-refractivity contribution < 1.29 is 17.9 Å². The molecule has 0 aliphatic heterocycles. The maximum absolute atomic E-state index is 13.0. The van der Waals surface area contributed by atoms with Gasteiger partial charge >= 0.3 is 0 Å². The zero-order valence-electron chi connectivity index (χ0n) is 10.2. The maximum atomic E-state index is 13.0. The summed E-state index contributed by atoms with van der Waals surface area (Å²) in [5.74, 6) is -0.466. The van der Waals surface area contributed by atoms with Gasteiger partial charge < -0.3 is 5.11 Å². The Kier molecular flexibility index (Phi) is 4.42. The standard InChI is InChI=1S/C13H11BrFNO3S/c14-12-7-10(15)3-6-13(12)16-20(18,19)11-4-1-9(8-17)2-5-11/h1-7,16-17H,8H2. The molecule has 2 aromatic rings. The van der Waals surface area contributed by atoms with Crippen LogP contribution in [0.5, 0.6) is 0 Å². The van der Waals surface area contributed by atoms with E-state index in [0.717, 1.165) is 6.07 Å². The molecule has 0 radical (unpaired) electrons. The van der Waals surface area contributed by atoms with Crippen molar-refractivity contribution in [1.82, 2.24) is 0 Å². The molecule has 4 nitrogen and oxygen atoms in total. The second-order valence-electron chi connectivity index (χ2n) is 4.03. The number of anilines is 1. The number of hydrogen-bond donors (Lipinski definition) is 2. The van der Waals surface area contributed by atoms with Crippen molar-refractivity contribution in [3.63, 3.8) is 0 Å². The first-order valence-electron chi connectivity index (χ1n) is 5.60.